The second-order valence-electron chi connectivity index (χ2n) is 2.28. The highest BCUT2D eigenvalue weighted by molar-refractivity contribution is 7.18. The van der Waals surface area contributed by atoms with Gasteiger partial charge in [0.05, 0.1) is 10.2 Å². The molecule has 0 bridgehead atoms. The van der Waals surface area contributed by atoms with Gasteiger partial charge < -0.3 is 5.73 Å². The second kappa shape index (κ2) is 4.94. The first-order valence-electron chi connectivity index (χ1n) is 4.44. The highest BCUT2D eigenvalue weighted by Crippen LogP contribution is 2.20. The molecule has 0 radical (unpaired) electrons. The first-order valence-corrected chi connectivity index (χ1v) is 5.26. The number of thiazole rings is 1. The van der Waals surface area contributed by atoms with Gasteiger partial charge in [0.15, 0.2) is 0 Å². The maximum Gasteiger partial charge on any atom is 0.107 e. The standard InChI is InChI=1S/C8H8N2S.C2H6/c9-5-8-10-6-3-1-2-4-7(6)11-8;1-2/h1-4H,5,9H2;1-2H3. The van der Waals surface area contributed by atoms with Gasteiger partial charge in [-0.1, -0.05) is 26.0 Å². The van der Waals surface area contributed by atoms with Crippen molar-refractivity contribution < 1.29 is 0 Å². The Labute approximate surface area is 82.4 Å². The molecule has 0 fully saturated rings. The monoisotopic (exact) mass is 194 g/mol. The molecule has 1 heterocycles. The van der Waals surface area contributed by atoms with Crippen LogP contribution in [0.4, 0.5) is 0 Å². The third-order valence-corrected chi connectivity index (χ3v) is 2.57. The third kappa shape index (κ3) is 2.26. The summed E-state index contributed by atoms with van der Waals surface area (Å²) in [6.45, 7) is 4.54. The van der Waals surface area contributed by atoms with Crippen LogP contribution >= 0.6 is 11.3 Å². The van der Waals surface area contributed by atoms with Gasteiger partial charge >= 0.3 is 0 Å². The molecule has 0 saturated heterocycles. The van der Waals surface area contributed by atoms with E-state index >= 15 is 0 Å². The zero-order valence-corrected chi connectivity index (χ0v) is 8.77. The molecule has 13 heavy (non-hydrogen) atoms. The molecule has 0 aliphatic heterocycles. The fraction of sp³-hybridized carbons (Fsp3) is 0.300. The van der Waals surface area contributed by atoms with Gasteiger partial charge in [-0.05, 0) is 12.1 Å². The number of nitrogens with zero attached hydrogens (tertiary/aromatic N) is 1. The summed E-state index contributed by atoms with van der Waals surface area (Å²) in [5, 5.41) is 1.01. The SMILES string of the molecule is CC.NCc1nc2ccccc2s1. The summed E-state index contributed by atoms with van der Waals surface area (Å²) in [4.78, 5) is 4.32. The quantitative estimate of drug-likeness (QED) is 0.758. The number of rotatable bonds is 1. The summed E-state index contributed by atoms with van der Waals surface area (Å²) in [6.07, 6.45) is 0. The van der Waals surface area contributed by atoms with Gasteiger partial charge in [-0.3, -0.25) is 0 Å². The van der Waals surface area contributed by atoms with Crippen LogP contribution in [0, 0.1) is 0 Å². The maximum absolute atomic E-state index is 5.46. The molecule has 0 spiro atoms. The van der Waals surface area contributed by atoms with Crippen molar-refractivity contribution in [2.75, 3.05) is 0 Å². The Bertz CT molecular complexity index is 335. The van der Waals surface area contributed by atoms with Crippen LogP contribution < -0.4 is 5.73 Å². The minimum Gasteiger partial charge on any atom is -0.325 e. The number of nitrogens with two attached hydrogens (primary N) is 1. The summed E-state index contributed by atoms with van der Waals surface area (Å²) in [6, 6.07) is 8.07. The van der Waals surface area contributed by atoms with Gasteiger partial charge in [-0.15, -0.1) is 11.3 Å². The normalized spacial score (nSPS) is 9.46. The summed E-state index contributed by atoms with van der Waals surface area (Å²) in [7, 11) is 0. The molecule has 0 aliphatic rings. The van der Waals surface area contributed by atoms with E-state index in [1.165, 1.54) is 4.70 Å². The lowest BCUT2D eigenvalue weighted by molar-refractivity contribution is 1.05. The molecule has 2 rings (SSSR count). The lowest BCUT2D eigenvalue weighted by atomic mass is 10.3. The van der Waals surface area contributed by atoms with Crippen LogP contribution in [0.25, 0.3) is 10.2 Å². The number of aromatic nitrogens is 1. The van der Waals surface area contributed by atoms with Gasteiger partial charge in [0.2, 0.25) is 0 Å². The zero-order valence-electron chi connectivity index (χ0n) is 7.95. The predicted octanol–water partition coefficient (Wildman–Crippen LogP) is 2.78. The number of hydrogen-bond acceptors (Lipinski definition) is 3. The average molecular weight is 194 g/mol. The van der Waals surface area contributed by atoms with Crippen molar-refractivity contribution in [3.63, 3.8) is 0 Å². The van der Waals surface area contributed by atoms with Crippen molar-refractivity contribution in [3.05, 3.63) is 29.3 Å². The largest absolute Gasteiger partial charge is 0.325 e. The Hall–Kier alpha value is -0.930. The van der Waals surface area contributed by atoms with E-state index in [0.717, 1.165) is 10.5 Å². The second-order valence-corrected chi connectivity index (χ2v) is 3.39. The molecule has 1 aromatic carbocycles. The predicted molar refractivity (Wildman–Crippen MR) is 58.9 cm³/mol. The molecule has 0 unspecified atom stereocenters. The molecular formula is C10H14N2S. The summed E-state index contributed by atoms with van der Waals surface area (Å²) in [5.41, 5.74) is 6.52. The van der Waals surface area contributed by atoms with Gasteiger partial charge in [0.25, 0.3) is 0 Å². The number of benzene rings is 1. The van der Waals surface area contributed by atoms with Gasteiger partial charge in [0.1, 0.15) is 5.01 Å². The molecule has 0 atom stereocenters. The first-order chi connectivity index (χ1) is 6.40. The molecule has 0 aliphatic carbocycles. The lowest BCUT2D eigenvalue weighted by Crippen LogP contribution is -1.93. The van der Waals surface area contributed by atoms with E-state index in [1.54, 1.807) is 11.3 Å². The van der Waals surface area contributed by atoms with Crippen LogP contribution in [0.15, 0.2) is 24.3 Å². The van der Waals surface area contributed by atoms with E-state index in [9.17, 15) is 0 Å². The summed E-state index contributed by atoms with van der Waals surface area (Å²) in [5.74, 6) is 0. The Kier molecular flexibility index (Phi) is 3.86. The van der Waals surface area contributed by atoms with Gasteiger partial charge in [0, 0.05) is 6.54 Å². The minimum absolute atomic E-state index is 0.541. The smallest absolute Gasteiger partial charge is 0.107 e. The van der Waals surface area contributed by atoms with Crippen molar-refractivity contribution in [1.29, 1.82) is 0 Å². The van der Waals surface area contributed by atoms with Crippen LogP contribution in [0.2, 0.25) is 0 Å². The van der Waals surface area contributed by atoms with Crippen molar-refractivity contribution >= 4 is 21.6 Å². The molecule has 2 aromatic rings. The highest BCUT2D eigenvalue weighted by atomic mass is 32.1. The highest BCUT2D eigenvalue weighted by Gasteiger charge is 1.98. The van der Waals surface area contributed by atoms with Crippen molar-refractivity contribution in [3.8, 4) is 0 Å². The maximum atomic E-state index is 5.46. The zero-order chi connectivity index (χ0) is 9.68. The van der Waals surface area contributed by atoms with Crippen LogP contribution in [0.1, 0.15) is 18.9 Å². The van der Waals surface area contributed by atoms with Crippen molar-refractivity contribution in [2.45, 2.75) is 20.4 Å². The van der Waals surface area contributed by atoms with E-state index in [2.05, 4.69) is 11.1 Å². The minimum atomic E-state index is 0.541. The summed E-state index contributed by atoms with van der Waals surface area (Å²) < 4.78 is 1.22. The molecule has 2 nitrogen and oxygen atoms in total. The Morgan fingerprint density at radius 3 is 2.62 bits per heavy atom. The third-order valence-electron chi connectivity index (χ3n) is 1.51. The Morgan fingerprint density at radius 2 is 2.00 bits per heavy atom. The first kappa shape index (κ1) is 10.2. The molecule has 0 saturated carbocycles. The van der Waals surface area contributed by atoms with E-state index in [0.29, 0.717) is 6.54 Å². The van der Waals surface area contributed by atoms with E-state index in [-0.39, 0.29) is 0 Å². The van der Waals surface area contributed by atoms with E-state index in [4.69, 9.17) is 5.73 Å². The fourth-order valence-corrected chi connectivity index (χ4v) is 1.85. The Balaban J connectivity index is 0.000000396. The Morgan fingerprint density at radius 1 is 1.31 bits per heavy atom. The van der Waals surface area contributed by atoms with Crippen LogP contribution in [0.3, 0.4) is 0 Å². The van der Waals surface area contributed by atoms with Crippen molar-refractivity contribution in [2.24, 2.45) is 5.73 Å². The number of fused-ring (bicyclic) bond motifs is 1. The lowest BCUT2D eigenvalue weighted by Gasteiger charge is -1.80. The van der Waals surface area contributed by atoms with E-state index < -0.39 is 0 Å². The number of hydrogen-bond donors (Lipinski definition) is 1. The topological polar surface area (TPSA) is 38.9 Å². The van der Waals surface area contributed by atoms with Crippen LogP contribution in [-0.2, 0) is 6.54 Å². The van der Waals surface area contributed by atoms with E-state index in [1.807, 2.05) is 32.0 Å². The van der Waals surface area contributed by atoms with Crippen molar-refractivity contribution in [1.82, 2.24) is 4.98 Å². The molecule has 1 aromatic heterocycles. The molecule has 70 valence electrons. The molecular weight excluding hydrogens is 180 g/mol. The van der Waals surface area contributed by atoms with Gasteiger partial charge in [-0.2, -0.15) is 0 Å². The summed E-state index contributed by atoms with van der Waals surface area (Å²) >= 11 is 1.66. The van der Waals surface area contributed by atoms with Crippen LogP contribution in [-0.4, -0.2) is 4.98 Å². The molecule has 3 heteroatoms. The number of para-hydroxylation sites is 1. The molecule has 2 N–H and O–H groups in total. The fourth-order valence-electron chi connectivity index (χ4n) is 1.01. The van der Waals surface area contributed by atoms with Gasteiger partial charge in [-0.25, -0.2) is 4.98 Å². The average Bonchev–Trinajstić information content (AvgIpc) is 2.63. The molecule has 0 amide bonds. The van der Waals surface area contributed by atoms with Crippen LogP contribution in [0.5, 0.6) is 0 Å².